The third kappa shape index (κ3) is 6.34. The number of hydrogen-bond acceptors (Lipinski definition) is 6. The summed E-state index contributed by atoms with van der Waals surface area (Å²) < 4.78 is 5.31. The predicted octanol–water partition coefficient (Wildman–Crippen LogP) is 0.525. The van der Waals surface area contributed by atoms with Crippen LogP contribution in [0.1, 0.15) is 31.2 Å². The normalized spacial score (nSPS) is 16.8. The standard InChI is InChI=1S/C19H27N5O4/c20-18(21)23-11-4-8-15(12-25)24(17(26)16-9-5-10-22-16)19(27)28-13-14-6-2-1-3-7-14/h1-3,6-7,12,15-16,22H,4-5,8-11,13H2,(H4,20,21,23)/t15-,16-/m0/s1. The van der Waals surface area contributed by atoms with Crippen LogP contribution in [0.5, 0.6) is 0 Å². The molecule has 2 atom stereocenters. The molecule has 0 bridgehead atoms. The zero-order chi connectivity index (χ0) is 20.4. The highest BCUT2D eigenvalue weighted by Crippen LogP contribution is 2.16. The summed E-state index contributed by atoms with van der Waals surface area (Å²) in [6.07, 6.45) is 1.89. The van der Waals surface area contributed by atoms with Gasteiger partial charge in [-0.25, -0.2) is 9.69 Å². The van der Waals surface area contributed by atoms with Gasteiger partial charge in [0.05, 0.1) is 12.1 Å². The van der Waals surface area contributed by atoms with Crippen LogP contribution in [0.4, 0.5) is 4.79 Å². The summed E-state index contributed by atoms with van der Waals surface area (Å²) in [6.45, 7) is 1.01. The maximum absolute atomic E-state index is 12.9. The number of hydrogen-bond donors (Lipinski definition) is 3. The van der Waals surface area contributed by atoms with Gasteiger partial charge in [0.15, 0.2) is 5.96 Å². The zero-order valence-corrected chi connectivity index (χ0v) is 15.8. The Balaban J connectivity index is 2.07. The van der Waals surface area contributed by atoms with Crippen molar-refractivity contribution >= 4 is 24.2 Å². The fourth-order valence-corrected chi connectivity index (χ4v) is 3.01. The minimum absolute atomic E-state index is 0.0150. The molecule has 9 heteroatoms. The number of carbonyl (C=O) groups excluding carboxylic acids is 3. The van der Waals surface area contributed by atoms with Gasteiger partial charge in [-0.1, -0.05) is 30.3 Å². The molecule has 0 radical (unpaired) electrons. The molecule has 28 heavy (non-hydrogen) atoms. The lowest BCUT2D eigenvalue weighted by atomic mass is 10.1. The molecule has 2 rings (SSSR count). The van der Waals surface area contributed by atoms with E-state index in [1.165, 1.54) is 0 Å². The largest absolute Gasteiger partial charge is 0.444 e. The molecular weight excluding hydrogens is 362 g/mol. The smallest absolute Gasteiger partial charge is 0.417 e. The van der Waals surface area contributed by atoms with Gasteiger partial charge in [-0.3, -0.25) is 9.79 Å². The maximum atomic E-state index is 12.9. The zero-order valence-electron chi connectivity index (χ0n) is 15.8. The molecule has 5 N–H and O–H groups in total. The Hall–Kier alpha value is -2.94. The number of ether oxygens (including phenoxy) is 1. The summed E-state index contributed by atoms with van der Waals surface area (Å²) in [6, 6.07) is 7.69. The van der Waals surface area contributed by atoms with Crippen LogP contribution >= 0.6 is 0 Å². The van der Waals surface area contributed by atoms with Gasteiger partial charge in [0.2, 0.25) is 5.91 Å². The summed E-state index contributed by atoms with van der Waals surface area (Å²) in [5.74, 6) is -0.498. The minimum Gasteiger partial charge on any atom is -0.444 e. The van der Waals surface area contributed by atoms with Crippen molar-refractivity contribution < 1.29 is 19.1 Å². The number of aliphatic imine (C=N–C) groups is 1. The number of guanidine groups is 1. The summed E-state index contributed by atoms with van der Waals surface area (Å²) in [7, 11) is 0. The van der Waals surface area contributed by atoms with Crippen LogP contribution in [0.25, 0.3) is 0 Å². The molecule has 0 aromatic heterocycles. The molecule has 1 aliphatic heterocycles. The Bertz CT molecular complexity index is 685. The lowest BCUT2D eigenvalue weighted by Crippen LogP contribution is -2.52. The molecule has 1 aromatic carbocycles. The van der Waals surface area contributed by atoms with E-state index in [9.17, 15) is 14.4 Å². The molecule has 0 unspecified atom stereocenters. The van der Waals surface area contributed by atoms with Crippen LogP contribution in [0.2, 0.25) is 0 Å². The summed E-state index contributed by atoms with van der Waals surface area (Å²) in [5, 5.41) is 3.06. The molecule has 9 nitrogen and oxygen atoms in total. The third-order valence-corrected chi connectivity index (χ3v) is 4.44. The Morgan fingerprint density at radius 2 is 2.07 bits per heavy atom. The molecule has 1 aromatic rings. The van der Waals surface area contributed by atoms with Gasteiger partial charge in [-0.2, -0.15) is 0 Å². The Morgan fingerprint density at radius 1 is 1.32 bits per heavy atom. The predicted molar refractivity (Wildman–Crippen MR) is 104 cm³/mol. The molecule has 1 aliphatic rings. The van der Waals surface area contributed by atoms with Crippen molar-refractivity contribution in [1.82, 2.24) is 10.2 Å². The average molecular weight is 389 g/mol. The first-order valence-electron chi connectivity index (χ1n) is 9.30. The SMILES string of the molecule is NC(N)=NCCC[C@@H](C=O)N(C(=O)OCc1ccccc1)C(=O)[C@@H]1CCCN1. The van der Waals surface area contributed by atoms with Crippen LogP contribution in [0, 0.1) is 0 Å². The second kappa shape index (κ2) is 11.0. The fourth-order valence-electron chi connectivity index (χ4n) is 3.01. The summed E-state index contributed by atoms with van der Waals surface area (Å²) >= 11 is 0. The molecule has 152 valence electrons. The third-order valence-electron chi connectivity index (χ3n) is 4.44. The van der Waals surface area contributed by atoms with Crippen molar-refractivity contribution in [1.29, 1.82) is 0 Å². The first-order valence-corrected chi connectivity index (χ1v) is 9.30. The van der Waals surface area contributed by atoms with Gasteiger partial charge < -0.3 is 26.3 Å². The van der Waals surface area contributed by atoms with Crippen molar-refractivity contribution in [3.8, 4) is 0 Å². The molecule has 1 saturated heterocycles. The van der Waals surface area contributed by atoms with Crippen LogP contribution in [0.15, 0.2) is 35.3 Å². The number of nitrogens with two attached hydrogens (primary N) is 2. The molecule has 0 aliphatic carbocycles. The van der Waals surface area contributed by atoms with Crippen molar-refractivity contribution in [3.05, 3.63) is 35.9 Å². The average Bonchev–Trinajstić information content (AvgIpc) is 3.23. The minimum atomic E-state index is -0.938. The van der Waals surface area contributed by atoms with E-state index in [1.807, 2.05) is 30.3 Å². The van der Waals surface area contributed by atoms with E-state index in [0.29, 0.717) is 32.2 Å². The van der Waals surface area contributed by atoms with E-state index < -0.39 is 24.1 Å². The highest BCUT2D eigenvalue weighted by atomic mass is 16.6. The van der Waals surface area contributed by atoms with Crippen LogP contribution in [0.3, 0.4) is 0 Å². The number of imide groups is 1. The Labute approximate surface area is 164 Å². The number of aldehydes is 1. The van der Waals surface area contributed by atoms with Crippen molar-refractivity contribution in [2.75, 3.05) is 13.1 Å². The highest BCUT2D eigenvalue weighted by molar-refractivity contribution is 5.97. The van der Waals surface area contributed by atoms with E-state index in [1.54, 1.807) is 0 Å². The molecule has 0 saturated carbocycles. The summed E-state index contributed by atoms with van der Waals surface area (Å²) in [4.78, 5) is 42.0. The quantitative estimate of drug-likeness (QED) is 0.242. The Morgan fingerprint density at radius 3 is 2.68 bits per heavy atom. The van der Waals surface area contributed by atoms with E-state index in [4.69, 9.17) is 16.2 Å². The molecule has 0 spiro atoms. The number of nitrogens with one attached hydrogen (secondary N) is 1. The van der Waals surface area contributed by atoms with Crippen LogP contribution < -0.4 is 16.8 Å². The number of benzene rings is 1. The van der Waals surface area contributed by atoms with Gasteiger partial charge >= 0.3 is 6.09 Å². The highest BCUT2D eigenvalue weighted by Gasteiger charge is 2.36. The van der Waals surface area contributed by atoms with E-state index in [-0.39, 0.29) is 19.0 Å². The maximum Gasteiger partial charge on any atom is 0.417 e. The molecule has 1 heterocycles. The topological polar surface area (TPSA) is 140 Å². The van der Waals surface area contributed by atoms with Gasteiger partial charge in [0.1, 0.15) is 12.9 Å². The number of nitrogens with zero attached hydrogens (tertiary/aromatic N) is 2. The van der Waals surface area contributed by atoms with Gasteiger partial charge in [0.25, 0.3) is 0 Å². The molecule has 1 fully saturated rings. The van der Waals surface area contributed by atoms with E-state index in [0.717, 1.165) is 16.9 Å². The fraction of sp³-hybridized carbons (Fsp3) is 0.474. The monoisotopic (exact) mass is 389 g/mol. The van der Waals surface area contributed by atoms with Crippen molar-refractivity contribution in [2.45, 2.75) is 44.4 Å². The number of carbonyl (C=O) groups is 3. The van der Waals surface area contributed by atoms with Gasteiger partial charge in [-0.15, -0.1) is 0 Å². The number of amides is 2. The molecular formula is C19H27N5O4. The second-order valence-electron chi connectivity index (χ2n) is 6.55. The van der Waals surface area contributed by atoms with Gasteiger partial charge in [0, 0.05) is 6.54 Å². The first kappa shape index (κ1) is 21.4. The van der Waals surface area contributed by atoms with E-state index >= 15 is 0 Å². The van der Waals surface area contributed by atoms with E-state index in [2.05, 4.69) is 10.3 Å². The van der Waals surface area contributed by atoms with Gasteiger partial charge in [-0.05, 0) is 37.8 Å². The summed E-state index contributed by atoms with van der Waals surface area (Å²) in [5.41, 5.74) is 11.4. The lowest BCUT2D eigenvalue weighted by molar-refractivity contribution is -0.136. The van der Waals surface area contributed by atoms with Crippen molar-refractivity contribution in [2.24, 2.45) is 16.5 Å². The van der Waals surface area contributed by atoms with Crippen LogP contribution in [-0.4, -0.2) is 54.3 Å². The number of rotatable bonds is 9. The first-order chi connectivity index (χ1) is 13.5. The van der Waals surface area contributed by atoms with Crippen molar-refractivity contribution in [3.63, 3.8) is 0 Å². The lowest BCUT2D eigenvalue weighted by Gasteiger charge is -2.28. The van der Waals surface area contributed by atoms with Crippen LogP contribution in [-0.2, 0) is 20.9 Å². The Kier molecular flexibility index (Phi) is 8.41. The second-order valence-corrected chi connectivity index (χ2v) is 6.55. The molecule has 2 amide bonds.